The van der Waals surface area contributed by atoms with Gasteiger partial charge in [-0.15, -0.1) is 11.3 Å². The minimum absolute atomic E-state index is 0.0520. The molecule has 2 heterocycles. The molecular weight excluding hydrogens is 516 g/mol. The van der Waals surface area contributed by atoms with Crippen molar-refractivity contribution in [3.05, 3.63) is 107 Å². The molecule has 0 bridgehead atoms. The first-order chi connectivity index (χ1) is 19.0. The molecule has 0 saturated carbocycles. The van der Waals surface area contributed by atoms with Gasteiger partial charge in [-0.25, -0.2) is 4.98 Å². The van der Waals surface area contributed by atoms with Gasteiger partial charge in [0, 0.05) is 17.1 Å². The smallest absolute Gasteiger partial charge is 0.301 e. The van der Waals surface area contributed by atoms with Crippen LogP contribution in [0.15, 0.2) is 89.9 Å². The van der Waals surface area contributed by atoms with Crippen LogP contribution >= 0.6 is 11.3 Å². The van der Waals surface area contributed by atoms with Crippen LogP contribution < -0.4 is 19.1 Å². The third-order valence-corrected chi connectivity index (χ3v) is 7.00. The minimum atomic E-state index is -0.941. The fraction of sp³-hybridized carbons (Fsp3) is 0.167. The summed E-state index contributed by atoms with van der Waals surface area (Å²) >= 11 is 1.22. The normalized spacial score (nSPS) is 16.4. The zero-order valence-corrected chi connectivity index (χ0v) is 22.2. The quantitative estimate of drug-likeness (QED) is 0.163. The summed E-state index contributed by atoms with van der Waals surface area (Å²) in [5, 5.41) is 13.5. The number of ketones is 1. The predicted molar refractivity (Wildman–Crippen MR) is 148 cm³/mol. The van der Waals surface area contributed by atoms with Crippen molar-refractivity contribution in [2.24, 2.45) is 0 Å². The number of nitrogens with zero attached hydrogens (tertiary/aromatic N) is 2. The number of rotatable bonds is 9. The molecule has 0 aliphatic carbocycles. The third kappa shape index (κ3) is 5.21. The van der Waals surface area contributed by atoms with Gasteiger partial charge in [0.25, 0.3) is 5.78 Å². The van der Waals surface area contributed by atoms with Crippen LogP contribution in [-0.2, 0) is 16.2 Å². The monoisotopic (exact) mass is 542 g/mol. The lowest BCUT2D eigenvalue weighted by Crippen LogP contribution is -2.29. The summed E-state index contributed by atoms with van der Waals surface area (Å²) in [5.74, 6) is -0.429. The number of amides is 1. The minimum Gasteiger partial charge on any atom is -0.507 e. The summed E-state index contributed by atoms with van der Waals surface area (Å²) in [7, 11) is 1.52. The van der Waals surface area contributed by atoms with Gasteiger partial charge in [-0.2, -0.15) is 0 Å². The van der Waals surface area contributed by atoms with Gasteiger partial charge in [0.1, 0.15) is 18.1 Å². The summed E-state index contributed by atoms with van der Waals surface area (Å²) in [5.41, 5.74) is 1.85. The summed E-state index contributed by atoms with van der Waals surface area (Å²) in [6.45, 7) is 2.63. The van der Waals surface area contributed by atoms with Gasteiger partial charge in [0.05, 0.1) is 25.3 Å². The summed E-state index contributed by atoms with van der Waals surface area (Å²) in [6, 6.07) is 20.7. The molecule has 1 saturated heterocycles. The molecule has 1 atom stereocenters. The van der Waals surface area contributed by atoms with E-state index in [1.807, 2.05) is 37.3 Å². The number of anilines is 1. The van der Waals surface area contributed by atoms with Crippen molar-refractivity contribution in [1.29, 1.82) is 0 Å². The SMILES string of the molecule is CCOc1cccc(C(O)=C2C(=O)C(=O)N(c3nccs3)C2c2ccc(OCc3ccccc3)c(OC)c2)c1. The van der Waals surface area contributed by atoms with Crippen LogP contribution in [0, 0.1) is 0 Å². The van der Waals surface area contributed by atoms with E-state index in [-0.39, 0.29) is 11.3 Å². The highest BCUT2D eigenvalue weighted by Gasteiger charge is 2.48. The highest BCUT2D eigenvalue weighted by molar-refractivity contribution is 7.14. The number of carbonyl (C=O) groups excluding carboxylic acids is 2. The van der Waals surface area contributed by atoms with Crippen molar-refractivity contribution in [1.82, 2.24) is 4.98 Å². The van der Waals surface area contributed by atoms with Crippen molar-refractivity contribution in [3.8, 4) is 17.2 Å². The lowest BCUT2D eigenvalue weighted by molar-refractivity contribution is -0.132. The number of aliphatic hydroxyl groups is 1. The number of thiazole rings is 1. The van der Waals surface area contributed by atoms with Gasteiger partial charge < -0.3 is 19.3 Å². The molecule has 39 heavy (non-hydrogen) atoms. The van der Waals surface area contributed by atoms with E-state index in [0.717, 1.165) is 5.56 Å². The molecule has 1 aliphatic rings. The number of hydrogen-bond donors (Lipinski definition) is 1. The van der Waals surface area contributed by atoms with Crippen molar-refractivity contribution in [3.63, 3.8) is 0 Å². The maximum atomic E-state index is 13.4. The highest BCUT2D eigenvalue weighted by Crippen LogP contribution is 2.44. The highest BCUT2D eigenvalue weighted by atomic mass is 32.1. The van der Waals surface area contributed by atoms with E-state index in [1.54, 1.807) is 54.0 Å². The van der Waals surface area contributed by atoms with Crippen LogP contribution in [0.3, 0.4) is 0 Å². The Morgan fingerprint density at radius 1 is 1.00 bits per heavy atom. The van der Waals surface area contributed by atoms with E-state index < -0.39 is 17.7 Å². The molecule has 0 spiro atoms. The number of methoxy groups -OCH3 is 1. The van der Waals surface area contributed by atoms with Crippen LogP contribution in [0.5, 0.6) is 17.2 Å². The number of benzene rings is 3. The average molecular weight is 543 g/mol. The standard InChI is InChI=1S/C30H26N2O6S/c1-3-37-22-11-7-10-21(16-22)27(33)25-26(32(29(35)28(25)34)30-31-14-15-39-30)20-12-13-23(24(17-20)36-2)38-18-19-8-5-4-6-9-19/h4-17,26,33H,3,18H2,1-2H3. The van der Waals surface area contributed by atoms with Gasteiger partial charge >= 0.3 is 5.91 Å². The zero-order chi connectivity index (χ0) is 27.4. The number of aromatic nitrogens is 1. The van der Waals surface area contributed by atoms with E-state index in [4.69, 9.17) is 14.2 Å². The number of carbonyl (C=O) groups is 2. The second-order valence-electron chi connectivity index (χ2n) is 8.63. The number of ether oxygens (including phenoxy) is 3. The Bertz CT molecular complexity index is 1520. The molecule has 9 heteroatoms. The van der Waals surface area contributed by atoms with E-state index in [0.29, 0.717) is 46.7 Å². The van der Waals surface area contributed by atoms with Crippen LogP contribution in [0.1, 0.15) is 29.7 Å². The largest absolute Gasteiger partial charge is 0.507 e. The molecule has 4 aromatic rings. The fourth-order valence-electron chi connectivity index (χ4n) is 4.44. The molecule has 5 rings (SSSR count). The Balaban J connectivity index is 1.59. The average Bonchev–Trinajstić information content (AvgIpc) is 3.59. The molecule has 1 amide bonds. The Morgan fingerprint density at radius 2 is 1.82 bits per heavy atom. The Labute approximate surface area is 229 Å². The third-order valence-electron chi connectivity index (χ3n) is 6.23. The molecule has 1 aromatic heterocycles. The fourth-order valence-corrected chi connectivity index (χ4v) is 5.11. The maximum Gasteiger partial charge on any atom is 0.301 e. The van der Waals surface area contributed by atoms with E-state index >= 15 is 0 Å². The Hall–Kier alpha value is -4.63. The first-order valence-electron chi connectivity index (χ1n) is 12.3. The lowest BCUT2D eigenvalue weighted by Gasteiger charge is -2.24. The van der Waals surface area contributed by atoms with Crippen molar-refractivity contribution >= 4 is 33.9 Å². The molecule has 1 unspecified atom stereocenters. The topological polar surface area (TPSA) is 98.2 Å². The first kappa shape index (κ1) is 26.0. The van der Waals surface area contributed by atoms with Crippen molar-refractivity contribution in [2.45, 2.75) is 19.6 Å². The summed E-state index contributed by atoms with van der Waals surface area (Å²) < 4.78 is 17.2. The van der Waals surface area contributed by atoms with E-state index in [2.05, 4.69) is 4.98 Å². The molecular formula is C30H26N2O6S. The number of Topliss-reactive ketones (excluding diaryl/α,β-unsaturated/α-hetero) is 1. The summed E-state index contributed by atoms with van der Waals surface area (Å²) in [6.07, 6.45) is 1.56. The van der Waals surface area contributed by atoms with Crippen molar-refractivity contribution < 1.29 is 28.9 Å². The van der Waals surface area contributed by atoms with Gasteiger partial charge in [0.15, 0.2) is 16.6 Å². The second kappa shape index (κ2) is 11.4. The van der Waals surface area contributed by atoms with Crippen LogP contribution in [0.2, 0.25) is 0 Å². The lowest BCUT2D eigenvalue weighted by atomic mass is 9.95. The van der Waals surface area contributed by atoms with Gasteiger partial charge in [-0.3, -0.25) is 14.5 Å². The van der Waals surface area contributed by atoms with Gasteiger partial charge in [-0.1, -0.05) is 48.5 Å². The second-order valence-corrected chi connectivity index (χ2v) is 9.50. The molecule has 0 radical (unpaired) electrons. The zero-order valence-electron chi connectivity index (χ0n) is 21.4. The maximum absolute atomic E-state index is 13.4. The van der Waals surface area contributed by atoms with Gasteiger partial charge in [0.2, 0.25) is 0 Å². The molecule has 198 valence electrons. The molecule has 8 nitrogen and oxygen atoms in total. The first-order valence-corrected chi connectivity index (χ1v) is 13.2. The molecule has 1 aliphatic heterocycles. The Kier molecular flexibility index (Phi) is 7.60. The van der Waals surface area contributed by atoms with Crippen LogP contribution in [-0.4, -0.2) is 35.5 Å². The number of hydrogen-bond acceptors (Lipinski definition) is 8. The van der Waals surface area contributed by atoms with Gasteiger partial charge in [-0.05, 0) is 42.3 Å². The van der Waals surface area contributed by atoms with Crippen LogP contribution in [0.25, 0.3) is 5.76 Å². The summed E-state index contributed by atoms with van der Waals surface area (Å²) in [4.78, 5) is 32.3. The van der Waals surface area contributed by atoms with E-state index in [1.165, 1.54) is 23.3 Å². The van der Waals surface area contributed by atoms with Crippen molar-refractivity contribution in [2.75, 3.05) is 18.6 Å². The van der Waals surface area contributed by atoms with Crippen LogP contribution in [0.4, 0.5) is 5.13 Å². The van der Waals surface area contributed by atoms with E-state index in [9.17, 15) is 14.7 Å². The predicted octanol–water partition coefficient (Wildman–Crippen LogP) is 5.76. The Morgan fingerprint density at radius 3 is 2.54 bits per heavy atom. The molecule has 3 aromatic carbocycles. The number of aliphatic hydroxyl groups excluding tert-OH is 1. The molecule has 1 N–H and O–H groups in total. The molecule has 1 fully saturated rings.